The lowest BCUT2D eigenvalue weighted by atomic mass is 9.79. The molecule has 1 aliphatic rings. The van der Waals surface area contributed by atoms with E-state index >= 15 is 0 Å². The highest BCUT2D eigenvalue weighted by Gasteiger charge is 2.27. The number of pyridine rings is 1. The van der Waals surface area contributed by atoms with Gasteiger partial charge in [0.1, 0.15) is 5.75 Å². The first-order valence-corrected chi connectivity index (χ1v) is 9.31. The molecule has 0 unspecified atom stereocenters. The number of nitrogens with one attached hydrogen (secondary N) is 2. The number of carbonyl (C=O) groups excluding carboxylic acids is 1. The number of amides is 1. The first kappa shape index (κ1) is 18.4. The third-order valence-electron chi connectivity index (χ3n) is 4.22. The molecule has 2 aromatic carbocycles. The fraction of sp³-hybridized carbons (Fsp3) is 0.0526. The number of rotatable bonds is 5. The Bertz CT molecular complexity index is 1020. The Morgan fingerprint density at radius 2 is 2.11 bits per heavy atom. The van der Waals surface area contributed by atoms with E-state index in [0.717, 1.165) is 16.7 Å². The SMILES string of the molecule is O=C(Nc1cc(O)ccc1SNc1ccc2c(c1)B(O)OC2)c1cccnc1. The van der Waals surface area contributed by atoms with Crippen LogP contribution >= 0.6 is 11.9 Å². The van der Waals surface area contributed by atoms with Gasteiger partial charge < -0.3 is 24.8 Å². The zero-order valence-electron chi connectivity index (χ0n) is 14.6. The zero-order chi connectivity index (χ0) is 19.5. The molecule has 0 radical (unpaired) electrons. The molecule has 0 atom stereocenters. The number of carbonyl (C=O) groups is 1. The number of fused-ring (bicyclic) bond motifs is 1. The summed E-state index contributed by atoms with van der Waals surface area (Å²) in [7, 11) is -0.912. The minimum Gasteiger partial charge on any atom is -0.508 e. The molecule has 0 saturated heterocycles. The van der Waals surface area contributed by atoms with Gasteiger partial charge in [-0.15, -0.1) is 0 Å². The second kappa shape index (κ2) is 7.93. The van der Waals surface area contributed by atoms with E-state index in [2.05, 4.69) is 15.0 Å². The van der Waals surface area contributed by atoms with Crippen LogP contribution in [0.3, 0.4) is 0 Å². The fourth-order valence-electron chi connectivity index (χ4n) is 2.79. The Hall–Kier alpha value is -3.01. The average Bonchev–Trinajstić information content (AvgIpc) is 3.08. The van der Waals surface area contributed by atoms with Crippen molar-refractivity contribution in [2.75, 3.05) is 10.0 Å². The van der Waals surface area contributed by atoms with Crippen LogP contribution in [0, 0.1) is 0 Å². The second-order valence-corrected chi connectivity index (χ2v) is 7.01. The maximum Gasteiger partial charge on any atom is 0.491 e. The monoisotopic (exact) mass is 393 g/mol. The molecule has 0 aliphatic carbocycles. The molecule has 140 valence electrons. The van der Waals surface area contributed by atoms with Crippen LogP contribution in [0.5, 0.6) is 5.75 Å². The Morgan fingerprint density at radius 3 is 2.93 bits per heavy atom. The molecule has 28 heavy (non-hydrogen) atoms. The van der Waals surface area contributed by atoms with Gasteiger partial charge in [0.05, 0.1) is 22.8 Å². The van der Waals surface area contributed by atoms with Crippen LogP contribution in [0.2, 0.25) is 0 Å². The number of aromatic nitrogens is 1. The summed E-state index contributed by atoms with van der Waals surface area (Å²) in [6.45, 7) is 0.395. The summed E-state index contributed by atoms with van der Waals surface area (Å²) >= 11 is 1.28. The highest BCUT2D eigenvalue weighted by molar-refractivity contribution is 8.00. The molecule has 2 heterocycles. The van der Waals surface area contributed by atoms with Gasteiger partial charge in [-0.3, -0.25) is 9.78 Å². The van der Waals surface area contributed by atoms with Crippen molar-refractivity contribution >= 4 is 41.8 Å². The predicted molar refractivity (Wildman–Crippen MR) is 109 cm³/mol. The fourth-order valence-corrected chi connectivity index (χ4v) is 3.50. The number of anilines is 2. The largest absolute Gasteiger partial charge is 0.508 e. The number of hydrogen-bond acceptors (Lipinski definition) is 7. The average molecular weight is 393 g/mol. The van der Waals surface area contributed by atoms with E-state index < -0.39 is 7.12 Å². The lowest BCUT2D eigenvalue weighted by Crippen LogP contribution is -2.28. The number of phenols is 1. The van der Waals surface area contributed by atoms with E-state index in [1.54, 1.807) is 30.5 Å². The number of hydrogen-bond donors (Lipinski definition) is 4. The van der Waals surface area contributed by atoms with Crippen molar-refractivity contribution < 1.29 is 19.6 Å². The van der Waals surface area contributed by atoms with Crippen molar-refractivity contribution in [1.82, 2.24) is 4.98 Å². The van der Waals surface area contributed by atoms with Crippen LogP contribution in [0.15, 0.2) is 65.8 Å². The van der Waals surface area contributed by atoms with Crippen molar-refractivity contribution in [1.29, 1.82) is 0 Å². The summed E-state index contributed by atoms with van der Waals surface area (Å²) in [5, 5.41) is 22.4. The Kier molecular flexibility index (Phi) is 5.20. The van der Waals surface area contributed by atoms with Gasteiger partial charge >= 0.3 is 7.12 Å². The standard InChI is InChI=1S/C19H16BN3O4S/c24-15-5-6-18(17(9-15)22-19(25)12-2-1-7-21-10-12)28-23-14-4-3-13-11-27-20(26)16(13)8-14/h1-10,23-24,26H,11H2,(H,22,25). The van der Waals surface area contributed by atoms with E-state index in [0.29, 0.717) is 22.8 Å². The molecule has 0 spiro atoms. The first-order chi connectivity index (χ1) is 13.6. The lowest BCUT2D eigenvalue weighted by Gasteiger charge is -2.13. The zero-order valence-corrected chi connectivity index (χ0v) is 15.4. The van der Waals surface area contributed by atoms with E-state index in [-0.39, 0.29) is 11.7 Å². The van der Waals surface area contributed by atoms with Crippen molar-refractivity contribution in [2.45, 2.75) is 11.5 Å². The number of nitrogens with zero attached hydrogens (tertiary/aromatic N) is 1. The number of phenolic OH excluding ortho intramolecular Hbond substituents is 1. The van der Waals surface area contributed by atoms with Crippen molar-refractivity contribution in [2.24, 2.45) is 0 Å². The predicted octanol–water partition coefficient (Wildman–Crippen LogP) is 2.38. The molecule has 0 fully saturated rings. The number of aromatic hydroxyl groups is 1. The third-order valence-corrected chi connectivity index (χ3v) is 5.14. The third kappa shape index (κ3) is 3.96. The van der Waals surface area contributed by atoms with Crippen LogP contribution in [-0.4, -0.2) is 28.1 Å². The summed E-state index contributed by atoms with van der Waals surface area (Å²) in [6.07, 6.45) is 3.07. The highest BCUT2D eigenvalue weighted by Crippen LogP contribution is 2.32. The Labute approximate surface area is 166 Å². The topological polar surface area (TPSA) is 104 Å². The van der Waals surface area contributed by atoms with Crippen LogP contribution in [-0.2, 0) is 11.3 Å². The van der Waals surface area contributed by atoms with Crippen LogP contribution in [0.25, 0.3) is 0 Å². The van der Waals surface area contributed by atoms with Gasteiger partial charge in [-0.1, -0.05) is 6.07 Å². The normalized spacial score (nSPS) is 12.5. The minimum atomic E-state index is -0.912. The van der Waals surface area contributed by atoms with E-state index in [4.69, 9.17) is 4.65 Å². The smallest absolute Gasteiger partial charge is 0.491 e. The van der Waals surface area contributed by atoms with Crippen molar-refractivity contribution in [3.05, 3.63) is 72.1 Å². The molecule has 3 aromatic rings. The number of benzene rings is 2. The van der Waals surface area contributed by atoms with Gasteiger partial charge in [0.25, 0.3) is 5.91 Å². The molecule has 0 saturated carbocycles. The molecular formula is C19H16BN3O4S. The Morgan fingerprint density at radius 1 is 1.21 bits per heavy atom. The summed E-state index contributed by atoms with van der Waals surface area (Å²) in [6, 6.07) is 13.7. The van der Waals surface area contributed by atoms with Crippen LogP contribution in [0.1, 0.15) is 15.9 Å². The van der Waals surface area contributed by atoms with E-state index in [9.17, 15) is 14.9 Å². The van der Waals surface area contributed by atoms with Crippen LogP contribution < -0.4 is 15.5 Å². The summed E-state index contributed by atoms with van der Waals surface area (Å²) < 4.78 is 8.39. The maximum absolute atomic E-state index is 12.4. The van der Waals surface area contributed by atoms with Gasteiger partial charge in [0.15, 0.2) is 0 Å². The molecule has 1 aliphatic heterocycles. The summed E-state index contributed by atoms with van der Waals surface area (Å²) in [5.74, 6) is -0.276. The molecule has 0 bridgehead atoms. The molecule has 1 aromatic heterocycles. The quantitative estimate of drug-likeness (QED) is 0.390. The van der Waals surface area contributed by atoms with Gasteiger partial charge in [-0.05, 0) is 59.4 Å². The van der Waals surface area contributed by atoms with Gasteiger partial charge in [0.2, 0.25) is 0 Å². The Balaban J connectivity index is 1.51. The molecule has 4 N–H and O–H groups in total. The molecule has 9 heteroatoms. The highest BCUT2D eigenvalue weighted by atomic mass is 32.2. The second-order valence-electron chi connectivity index (χ2n) is 6.16. The van der Waals surface area contributed by atoms with E-state index in [1.165, 1.54) is 24.2 Å². The van der Waals surface area contributed by atoms with Gasteiger partial charge in [-0.2, -0.15) is 0 Å². The lowest BCUT2D eigenvalue weighted by molar-refractivity contribution is 0.102. The van der Waals surface area contributed by atoms with Crippen molar-refractivity contribution in [3.63, 3.8) is 0 Å². The maximum atomic E-state index is 12.4. The van der Waals surface area contributed by atoms with Gasteiger partial charge in [-0.25, -0.2) is 0 Å². The molecular weight excluding hydrogens is 377 g/mol. The molecule has 1 amide bonds. The first-order valence-electron chi connectivity index (χ1n) is 8.50. The summed E-state index contributed by atoms with van der Waals surface area (Å²) in [4.78, 5) is 17.1. The molecule has 7 nitrogen and oxygen atoms in total. The van der Waals surface area contributed by atoms with Crippen LogP contribution in [0.4, 0.5) is 11.4 Å². The van der Waals surface area contributed by atoms with E-state index in [1.807, 2.05) is 18.2 Å². The molecule has 4 rings (SSSR count). The van der Waals surface area contributed by atoms with Crippen molar-refractivity contribution in [3.8, 4) is 5.75 Å². The van der Waals surface area contributed by atoms with Gasteiger partial charge in [0, 0.05) is 24.1 Å². The minimum absolute atomic E-state index is 0.0450. The summed E-state index contributed by atoms with van der Waals surface area (Å²) in [5.41, 5.74) is 3.36.